The van der Waals surface area contributed by atoms with Crippen LogP contribution in [0.15, 0.2) is 17.2 Å². The van der Waals surface area contributed by atoms with Gasteiger partial charge in [-0.15, -0.1) is 0 Å². The first-order chi connectivity index (χ1) is 9.90. The maximum Gasteiger partial charge on any atom is 0.242 e. The van der Waals surface area contributed by atoms with E-state index in [1.165, 1.54) is 0 Å². The fourth-order valence-corrected chi connectivity index (χ4v) is 3.06. The maximum absolute atomic E-state index is 12.2. The van der Waals surface area contributed by atoms with Crippen molar-refractivity contribution in [3.63, 3.8) is 0 Å². The summed E-state index contributed by atoms with van der Waals surface area (Å²) in [4.78, 5) is 0.271. The summed E-state index contributed by atoms with van der Waals surface area (Å²) < 4.78 is 34.2. The molecule has 7 heteroatoms. The van der Waals surface area contributed by atoms with Crippen molar-refractivity contribution in [1.29, 1.82) is 0 Å². The van der Waals surface area contributed by atoms with Gasteiger partial charge in [-0.05, 0) is 25.3 Å². The minimum atomic E-state index is -3.47. The molecule has 0 aliphatic carbocycles. The van der Waals surface area contributed by atoms with E-state index in [2.05, 4.69) is 18.6 Å². The molecule has 0 bridgehead atoms. The number of aromatic nitrogens is 1. The van der Waals surface area contributed by atoms with Crippen molar-refractivity contribution < 1.29 is 13.2 Å². The van der Waals surface area contributed by atoms with Gasteiger partial charge in [0.2, 0.25) is 10.0 Å². The zero-order chi connectivity index (χ0) is 15.9. The molecule has 3 N–H and O–H groups in total. The van der Waals surface area contributed by atoms with Crippen LogP contribution < -0.4 is 10.5 Å². The largest absolute Gasteiger partial charge is 0.381 e. The highest BCUT2D eigenvalue weighted by Crippen LogP contribution is 2.14. The molecule has 0 unspecified atom stereocenters. The van der Waals surface area contributed by atoms with E-state index in [1.54, 1.807) is 12.3 Å². The van der Waals surface area contributed by atoms with Crippen LogP contribution in [0.25, 0.3) is 0 Å². The van der Waals surface area contributed by atoms with Crippen LogP contribution in [0.4, 0.5) is 0 Å². The second-order valence-electron chi connectivity index (χ2n) is 5.38. The van der Waals surface area contributed by atoms with Crippen LogP contribution >= 0.6 is 0 Å². The highest BCUT2D eigenvalue weighted by Gasteiger charge is 2.17. The van der Waals surface area contributed by atoms with Gasteiger partial charge in [-0.25, -0.2) is 13.1 Å². The molecule has 0 aromatic carbocycles. The Balaban J connectivity index is 2.48. The van der Waals surface area contributed by atoms with Gasteiger partial charge >= 0.3 is 0 Å². The van der Waals surface area contributed by atoms with Gasteiger partial charge in [-0.1, -0.05) is 13.8 Å². The van der Waals surface area contributed by atoms with Gasteiger partial charge in [0.25, 0.3) is 0 Å². The summed E-state index contributed by atoms with van der Waals surface area (Å²) in [6.45, 7) is 8.77. The standard InChI is InChI=1S/C14H27N3O3S/c1-4-17-10-14(8-13(17)9-15)21(18,19)16-6-5-7-20-11-12(2)3/h8,10,12,16H,4-7,9,11,15H2,1-3H3. The van der Waals surface area contributed by atoms with Crippen LogP contribution in [0.2, 0.25) is 0 Å². The van der Waals surface area contributed by atoms with Crippen molar-refractivity contribution in [3.8, 4) is 0 Å². The molecule has 0 radical (unpaired) electrons. The van der Waals surface area contributed by atoms with E-state index in [0.717, 1.165) is 5.69 Å². The lowest BCUT2D eigenvalue weighted by molar-refractivity contribution is 0.108. The van der Waals surface area contributed by atoms with Crippen LogP contribution in [-0.4, -0.2) is 32.7 Å². The third kappa shape index (κ3) is 5.78. The van der Waals surface area contributed by atoms with Crippen LogP contribution in [0.3, 0.4) is 0 Å². The predicted octanol–water partition coefficient (Wildman–Crippen LogP) is 1.31. The van der Waals surface area contributed by atoms with Crippen LogP contribution in [0, 0.1) is 5.92 Å². The molecule has 0 aliphatic rings. The number of nitrogens with two attached hydrogens (primary N) is 1. The number of sulfonamides is 1. The van der Waals surface area contributed by atoms with E-state index in [1.807, 2.05) is 11.5 Å². The number of hydrogen-bond donors (Lipinski definition) is 2. The molecule has 6 nitrogen and oxygen atoms in total. The molecule has 1 aromatic heterocycles. The topological polar surface area (TPSA) is 86.3 Å². The summed E-state index contributed by atoms with van der Waals surface area (Å²) >= 11 is 0. The van der Waals surface area contributed by atoms with Crippen molar-refractivity contribution in [2.75, 3.05) is 19.8 Å². The van der Waals surface area contributed by atoms with E-state index >= 15 is 0 Å². The third-order valence-corrected chi connectivity index (χ3v) is 4.46. The normalized spacial score (nSPS) is 12.2. The third-order valence-electron chi connectivity index (χ3n) is 3.03. The first kappa shape index (κ1) is 18.2. The lowest BCUT2D eigenvalue weighted by atomic mass is 10.2. The van der Waals surface area contributed by atoms with E-state index in [0.29, 0.717) is 45.2 Å². The monoisotopic (exact) mass is 317 g/mol. The molecule has 1 heterocycles. The molecule has 0 saturated heterocycles. The number of nitrogens with zero attached hydrogens (tertiary/aromatic N) is 1. The molecular formula is C14H27N3O3S. The van der Waals surface area contributed by atoms with Gasteiger partial charge in [0.1, 0.15) is 0 Å². The smallest absolute Gasteiger partial charge is 0.242 e. The lowest BCUT2D eigenvalue weighted by Crippen LogP contribution is -2.25. The molecule has 1 rings (SSSR count). The molecule has 122 valence electrons. The summed E-state index contributed by atoms with van der Waals surface area (Å²) in [5.74, 6) is 0.491. The van der Waals surface area contributed by atoms with Crippen molar-refractivity contribution in [2.24, 2.45) is 11.7 Å². The Morgan fingerprint density at radius 3 is 2.67 bits per heavy atom. The Morgan fingerprint density at radius 1 is 1.43 bits per heavy atom. The fraction of sp³-hybridized carbons (Fsp3) is 0.714. The Labute approximate surface area is 127 Å². The predicted molar refractivity (Wildman–Crippen MR) is 83.5 cm³/mol. The molecule has 0 fully saturated rings. The number of aryl methyl sites for hydroxylation is 1. The van der Waals surface area contributed by atoms with E-state index < -0.39 is 10.0 Å². The van der Waals surface area contributed by atoms with Gasteiger partial charge in [-0.2, -0.15) is 0 Å². The molecular weight excluding hydrogens is 290 g/mol. The SMILES string of the molecule is CCn1cc(S(=O)(=O)NCCCOCC(C)C)cc1CN. The minimum absolute atomic E-state index is 0.271. The maximum atomic E-state index is 12.2. The molecule has 1 aromatic rings. The Hall–Kier alpha value is -0.890. The Kier molecular flexibility index (Phi) is 7.37. The summed E-state index contributed by atoms with van der Waals surface area (Å²) in [6, 6.07) is 1.63. The number of ether oxygens (including phenoxy) is 1. The number of hydrogen-bond acceptors (Lipinski definition) is 4. The second kappa shape index (κ2) is 8.53. The van der Waals surface area contributed by atoms with Crippen molar-refractivity contribution in [1.82, 2.24) is 9.29 Å². The van der Waals surface area contributed by atoms with Crippen LogP contribution in [0.1, 0.15) is 32.9 Å². The molecule has 21 heavy (non-hydrogen) atoms. The average Bonchev–Trinajstić information content (AvgIpc) is 2.86. The molecule has 0 saturated carbocycles. The molecule has 0 aliphatic heterocycles. The highest BCUT2D eigenvalue weighted by atomic mass is 32.2. The number of rotatable bonds is 10. The van der Waals surface area contributed by atoms with Gasteiger partial charge in [0.15, 0.2) is 0 Å². The second-order valence-corrected chi connectivity index (χ2v) is 7.14. The van der Waals surface area contributed by atoms with E-state index in [4.69, 9.17) is 10.5 Å². The van der Waals surface area contributed by atoms with Gasteiger partial charge < -0.3 is 15.0 Å². The molecule has 0 atom stereocenters. The van der Waals surface area contributed by atoms with E-state index in [-0.39, 0.29) is 4.90 Å². The van der Waals surface area contributed by atoms with Crippen LogP contribution in [-0.2, 0) is 27.8 Å². The zero-order valence-corrected chi connectivity index (χ0v) is 13.9. The van der Waals surface area contributed by atoms with Crippen molar-refractivity contribution >= 4 is 10.0 Å². The highest BCUT2D eigenvalue weighted by molar-refractivity contribution is 7.89. The summed E-state index contributed by atoms with van der Waals surface area (Å²) in [5.41, 5.74) is 6.43. The van der Waals surface area contributed by atoms with E-state index in [9.17, 15) is 8.42 Å². The Morgan fingerprint density at radius 2 is 2.14 bits per heavy atom. The molecule has 0 amide bonds. The quantitative estimate of drug-likeness (QED) is 0.637. The van der Waals surface area contributed by atoms with Gasteiger partial charge in [0, 0.05) is 44.7 Å². The summed E-state index contributed by atoms with van der Waals surface area (Å²) in [5, 5.41) is 0. The number of nitrogens with one attached hydrogen (secondary N) is 1. The van der Waals surface area contributed by atoms with Gasteiger partial charge in [0.05, 0.1) is 4.90 Å². The lowest BCUT2D eigenvalue weighted by Gasteiger charge is -2.07. The van der Waals surface area contributed by atoms with Crippen molar-refractivity contribution in [2.45, 2.75) is 45.2 Å². The first-order valence-corrected chi connectivity index (χ1v) is 8.85. The minimum Gasteiger partial charge on any atom is -0.381 e. The Bertz CT molecular complexity index is 502. The van der Waals surface area contributed by atoms with Gasteiger partial charge in [-0.3, -0.25) is 0 Å². The molecule has 0 spiro atoms. The zero-order valence-electron chi connectivity index (χ0n) is 13.1. The fourth-order valence-electron chi connectivity index (χ4n) is 1.92. The summed E-state index contributed by atoms with van der Waals surface area (Å²) in [7, 11) is -3.47. The first-order valence-electron chi connectivity index (χ1n) is 7.37. The summed E-state index contributed by atoms with van der Waals surface area (Å²) in [6.07, 6.45) is 2.28. The van der Waals surface area contributed by atoms with Crippen molar-refractivity contribution in [3.05, 3.63) is 18.0 Å². The average molecular weight is 317 g/mol. The van der Waals surface area contributed by atoms with Crippen LogP contribution in [0.5, 0.6) is 0 Å².